The lowest BCUT2D eigenvalue weighted by Crippen LogP contribution is -2.38. The average molecular weight is 303 g/mol. The summed E-state index contributed by atoms with van der Waals surface area (Å²) in [6.45, 7) is 4.16. The van der Waals surface area contributed by atoms with Crippen molar-refractivity contribution in [1.82, 2.24) is 10.6 Å². The van der Waals surface area contributed by atoms with E-state index in [0.717, 1.165) is 50.5 Å². The summed E-state index contributed by atoms with van der Waals surface area (Å²) < 4.78 is 4.89. The van der Waals surface area contributed by atoms with Crippen LogP contribution in [0.25, 0.3) is 0 Å². The van der Waals surface area contributed by atoms with Gasteiger partial charge in [0.15, 0.2) is 5.96 Å². The lowest BCUT2D eigenvalue weighted by atomic mass is 10.1. The second-order valence-corrected chi connectivity index (χ2v) is 5.37. The summed E-state index contributed by atoms with van der Waals surface area (Å²) >= 11 is 1.81. The lowest BCUT2D eigenvalue weighted by molar-refractivity contribution is -0.143. The van der Waals surface area contributed by atoms with Gasteiger partial charge >= 0.3 is 5.97 Å². The Morgan fingerprint density at radius 1 is 1.15 bits per heavy atom. The first kappa shape index (κ1) is 19.1. The highest BCUT2D eigenvalue weighted by Gasteiger charge is 2.01. The fourth-order valence-corrected chi connectivity index (χ4v) is 1.99. The zero-order chi connectivity index (χ0) is 15.1. The molecule has 0 unspecified atom stereocenters. The number of rotatable bonds is 11. The summed E-state index contributed by atoms with van der Waals surface area (Å²) in [6.07, 6.45) is 6.83. The molecular formula is C14H29N3O2S. The standard InChI is InChI=1S/C14H29N3O2S/c1-4-19-13(18)9-7-5-6-8-10-16-14(15-2)17-11-12-20-3/h4-12H2,1-3H3,(H2,15,16,17). The smallest absolute Gasteiger partial charge is 0.305 e. The highest BCUT2D eigenvalue weighted by Crippen LogP contribution is 2.03. The minimum atomic E-state index is -0.0796. The molecule has 20 heavy (non-hydrogen) atoms. The summed E-state index contributed by atoms with van der Waals surface area (Å²) in [5, 5.41) is 6.54. The molecule has 0 radical (unpaired) electrons. The van der Waals surface area contributed by atoms with Crippen LogP contribution in [0.3, 0.4) is 0 Å². The number of nitrogens with zero attached hydrogens (tertiary/aromatic N) is 1. The van der Waals surface area contributed by atoms with Crippen molar-refractivity contribution in [3.8, 4) is 0 Å². The van der Waals surface area contributed by atoms with E-state index in [1.807, 2.05) is 18.7 Å². The van der Waals surface area contributed by atoms with E-state index in [0.29, 0.717) is 13.0 Å². The van der Waals surface area contributed by atoms with Crippen LogP contribution in [-0.2, 0) is 9.53 Å². The maximum absolute atomic E-state index is 11.1. The van der Waals surface area contributed by atoms with Gasteiger partial charge in [0.05, 0.1) is 6.61 Å². The molecule has 5 nitrogen and oxygen atoms in total. The van der Waals surface area contributed by atoms with Crippen LogP contribution in [-0.4, -0.2) is 50.7 Å². The normalized spacial score (nSPS) is 11.2. The zero-order valence-corrected chi connectivity index (χ0v) is 13.9. The highest BCUT2D eigenvalue weighted by molar-refractivity contribution is 7.98. The van der Waals surface area contributed by atoms with Gasteiger partial charge in [-0.3, -0.25) is 9.79 Å². The number of esters is 1. The van der Waals surface area contributed by atoms with Crippen LogP contribution < -0.4 is 10.6 Å². The average Bonchev–Trinajstić information content (AvgIpc) is 2.44. The number of aliphatic imine (C=N–C) groups is 1. The molecule has 0 rings (SSSR count). The van der Waals surface area contributed by atoms with Crippen LogP contribution in [0.1, 0.15) is 39.0 Å². The Kier molecular flexibility index (Phi) is 13.8. The molecule has 0 saturated carbocycles. The Bertz CT molecular complexity index is 273. The van der Waals surface area contributed by atoms with Crippen molar-refractivity contribution < 1.29 is 9.53 Å². The lowest BCUT2D eigenvalue weighted by Gasteiger charge is -2.11. The Labute approximate surface area is 127 Å². The Balaban J connectivity index is 3.39. The number of thioether (sulfide) groups is 1. The van der Waals surface area contributed by atoms with E-state index in [9.17, 15) is 4.79 Å². The van der Waals surface area contributed by atoms with Gasteiger partial charge < -0.3 is 15.4 Å². The van der Waals surface area contributed by atoms with E-state index >= 15 is 0 Å². The molecule has 2 N–H and O–H groups in total. The summed E-state index contributed by atoms with van der Waals surface area (Å²) in [7, 11) is 1.79. The number of unbranched alkanes of at least 4 members (excludes halogenated alkanes) is 3. The summed E-state index contributed by atoms with van der Waals surface area (Å²) in [4.78, 5) is 15.3. The predicted molar refractivity (Wildman–Crippen MR) is 87.5 cm³/mol. The number of carbonyl (C=O) groups excluding carboxylic acids is 1. The van der Waals surface area contributed by atoms with Gasteiger partial charge in [-0.25, -0.2) is 0 Å². The van der Waals surface area contributed by atoms with Gasteiger partial charge in [-0.2, -0.15) is 11.8 Å². The molecule has 6 heteroatoms. The van der Waals surface area contributed by atoms with E-state index in [1.54, 1.807) is 7.05 Å². The van der Waals surface area contributed by atoms with Crippen LogP contribution in [0.4, 0.5) is 0 Å². The molecule has 0 aliphatic heterocycles. The number of hydrogen-bond acceptors (Lipinski definition) is 4. The third-order valence-corrected chi connectivity index (χ3v) is 3.34. The number of carbonyl (C=O) groups is 1. The van der Waals surface area contributed by atoms with Crippen LogP contribution in [0.5, 0.6) is 0 Å². The Hall–Kier alpha value is -0.910. The van der Waals surface area contributed by atoms with Gasteiger partial charge in [-0.15, -0.1) is 0 Å². The van der Waals surface area contributed by atoms with Gasteiger partial charge in [0.1, 0.15) is 0 Å². The van der Waals surface area contributed by atoms with E-state index in [1.165, 1.54) is 0 Å². The Morgan fingerprint density at radius 3 is 2.50 bits per heavy atom. The van der Waals surface area contributed by atoms with Crippen molar-refractivity contribution in [3.05, 3.63) is 0 Å². The minimum absolute atomic E-state index is 0.0796. The van der Waals surface area contributed by atoms with E-state index < -0.39 is 0 Å². The summed E-state index contributed by atoms with van der Waals surface area (Å²) in [6, 6.07) is 0. The third-order valence-electron chi connectivity index (χ3n) is 2.73. The first-order valence-corrected chi connectivity index (χ1v) is 8.73. The van der Waals surface area contributed by atoms with E-state index in [2.05, 4.69) is 21.9 Å². The number of nitrogens with one attached hydrogen (secondary N) is 2. The second kappa shape index (κ2) is 14.5. The summed E-state index contributed by atoms with van der Waals surface area (Å²) in [5.74, 6) is 1.86. The number of guanidine groups is 1. The van der Waals surface area contributed by atoms with Crippen molar-refractivity contribution >= 4 is 23.7 Å². The molecule has 0 aromatic heterocycles. The monoisotopic (exact) mass is 303 g/mol. The van der Waals surface area contributed by atoms with Gasteiger partial charge in [-0.05, 0) is 26.0 Å². The predicted octanol–water partition coefficient (Wildman–Crippen LogP) is 2.03. The fraction of sp³-hybridized carbons (Fsp3) is 0.857. The van der Waals surface area contributed by atoms with Gasteiger partial charge in [0, 0.05) is 32.3 Å². The van der Waals surface area contributed by atoms with E-state index in [4.69, 9.17) is 4.74 Å². The molecule has 0 aromatic rings. The topological polar surface area (TPSA) is 62.7 Å². The van der Waals surface area contributed by atoms with Crippen LogP contribution in [0.15, 0.2) is 4.99 Å². The first-order chi connectivity index (χ1) is 9.74. The molecule has 0 fully saturated rings. The first-order valence-electron chi connectivity index (χ1n) is 7.33. The maximum atomic E-state index is 11.1. The maximum Gasteiger partial charge on any atom is 0.305 e. The van der Waals surface area contributed by atoms with Crippen molar-refractivity contribution in [3.63, 3.8) is 0 Å². The number of hydrogen-bond donors (Lipinski definition) is 2. The molecule has 0 heterocycles. The molecule has 0 saturated heterocycles. The molecule has 118 valence electrons. The highest BCUT2D eigenvalue weighted by atomic mass is 32.2. The molecule has 0 spiro atoms. The number of ether oxygens (including phenoxy) is 1. The van der Waals surface area contributed by atoms with Crippen LogP contribution in [0, 0.1) is 0 Å². The van der Waals surface area contributed by atoms with Crippen molar-refractivity contribution in [1.29, 1.82) is 0 Å². The van der Waals surface area contributed by atoms with Gasteiger partial charge in [-0.1, -0.05) is 12.8 Å². The molecular weight excluding hydrogens is 274 g/mol. The molecule has 0 aliphatic carbocycles. The van der Waals surface area contributed by atoms with Crippen LogP contribution >= 0.6 is 11.8 Å². The van der Waals surface area contributed by atoms with Crippen molar-refractivity contribution in [2.45, 2.75) is 39.0 Å². The molecule has 0 aromatic carbocycles. The SMILES string of the molecule is CCOC(=O)CCCCCCNC(=NC)NCCSC. The molecule has 0 aliphatic rings. The quantitative estimate of drug-likeness (QED) is 0.265. The van der Waals surface area contributed by atoms with Crippen molar-refractivity contribution in [2.24, 2.45) is 4.99 Å². The molecule has 0 amide bonds. The second-order valence-electron chi connectivity index (χ2n) is 4.39. The van der Waals surface area contributed by atoms with Gasteiger partial charge in [0.25, 0.3) is 0 Å². The van der Waals surface area contributed by atoms with Crippen molar-refractivity contribution in [2.75, 3.05) is 38.8 Å². The fourth-order valence-electron chi connectivity index (χ4n) is 1.68. The third kappa shape index (κ3) is 12.1. The van der Waals surface area contributed by atoms with Gasteiger partial charge in [0.2, 0.25) is 0 Å². The van der Waals surface area contributed by atoms with E-state index in [-0.39, 0.29) is 5.97 Å². The molecule has 0 bridgehead atoms. The minimum Gasteiger partial charge on any atom is -0.466 e. The summed E-state index contributed by atoms with van der Waals surface area (Å²) in [5.41, 5.74) is 0. The van der Waals surface area contributed by atoms with Crippen LogP contribution in [0.2, 0.25) is 0 Å². The molecule has 0 atom stereocenters. The zero-order valence-electron chi connectivity index (χ0n) is 13.0. The Morgan fingerprint density at radius 2 is 1.85 bits per heavy atom. The largest absolute Gasteiger partial charge is 0.466 e.